The Morgan fingerprint density at radius 3 is 2.75 bits per heavy atom. The summed E-state index contributed by atoms with van der Waals surface area (Å²) in [5.41, 5.74) is -1.23. The van der Waals surface area contributed by atoms with Crippen molar-refractivity contribution < 1.29 is 19.4 Å². The first-order chi connectivity index (χ1) is 7.68. The van der Waals surface area contributed by atoms with Crippen LogP contribution in [0, 0.1) is 0 Å². The molecule has 1 unspecified atom stereocenters. The van der Waals surface area contributed by atoms with Gasteiger partial charge in [-0.25, -0.2) is 4.79 Å². The number of para-hydroxylation sites is 2. The number of rotatable bonds is 3. The van der Waals surface area contributed by atoms with Crippen LogP contribution < -0.4 is 9.47 Å². The number of fused-ring (bicyclic) bond motifs is 1. The fourth-order valence-electron chi connectivity index (χ4n) is 1.83. The summed E-state index contributed by atoms with van der Waals surface area (Å²) in [6.45, 7) is 1.99. The van der Waals surface area contributed by atoms with Crippen molar-refractivity contribution in [1.29, 1.82) is 0 Å². The fourth-order valence-corrected chi connectivity index (χ4v) is 1.83. The van der Waals surface area contributed by atoms with Gasteiger partial charge in [-0.05, 0) is 12.1 Å². The van der Waals surface area contributed by atoms with Gasteiger partial charge in [-0.15, -0.1) is 0 Å². The van der Waals surface area contributed by atoms with E-state index in [0.717, 1.165) is 6.42 Å². The van der Waals surface area contributed by atoms with E-state index in [1.165, 1.54) is 0 Å². The van der Waals surface area contributed by atoms with Gasteiger partial charge in [0.05, 0.1) is 0 Å². The Morgan fingerprint density at radius 1 is 1.44 bits per heavy atom. The van der Waals surface area contributed by atoms with Crippen LogP contribution in [0.4, 0.5) is 0 Å². The van der Waals surface area contributed by atoms with E-state index in [1.807, 2.05) is 13.0 Å². The van der Waals surface area contributed by atoms with Gasteiger partial charge in [0.2, 0.25) is 5.60 Å². The number of ether oxygens (including phenoxy) is 2. The summed E-state index contributed by atoms with van der Waals surface area (Å²) in [6.07, 6.45) is 1.18. The van der Waals surface area contributed by atoms with Gasteiger partial charge in [0.25, 0.3) is 0 Å². The van der Waals surface area contributed by atoms with Crippen molar-refractivity contribution in [1.82, 2.24) is 0 Å². The van der Waals surface area contributed by atoms with Gasteiger partial charge >= 0.3 is 5.97 Å². The Balaban J connectivity index is 2.31. The van der Waals surface area contributed by atoms with Crippen molar-refractivity contribution in [3.8, 4) is 11.5 Å². The summed E-state index contributed by atoms with van der Waals surface area (Å²) >= 11 is 0. The Bertz CT molecular complexity index is 402. The zero-order valence-corrected chi connectivity index (χ0v) is 9.10. The average molecular weight is 222 g/mol. The second-order valence-electron chi connectivity index (χ2n) is 3.89. The van der Waals surface area contributed by atoms with Crippen molar-refractivity contribution in [2.75, 3.05) is 6.61 Å². The maximum absolute atomic E-state index is 11.3. The molecule has 16 heavy (non-hydrogen) atoms. The summed E-state index contributed by atoms with van der Waals surface area (Å²) in [4.78, 5) is 11.3. The van der Waals surface area contributed by atoms with Crippen LogP contribution in [0.3, 0.4) is 0 Å². The molecule has 2 rings (SSSR count). The third-order valence-corrected chi connectivity index (χ3v) is 2.66. The Kier molecular flexibility index (Phi) is 2.73. The molecule has 0 amide bonds. The first kappa shape index (κ1) is 10.8. The van der Waals surface area contributed by atoms with Crippen molar-refractivity contribution in [2.24, 2.45) is 0 Å². The number of benzene rings is 1. The molecular weight excluding hydrogens is 208 g/mol. The molecule has 0 aliphatic carbocycles. The Morgan fingerprint density at radius 2 is 2.12 bits per heavy atom. The highest BCUT2D eigenvalue weighted by Gasteiger charge is 2.44. The van der Waals surface area contributed by atoms with Crippen LogP contribution in [0.5, 0.6) is 11.5 Å². The highest BCUT2D eigenvalue weighted by molar-refractivity contribution is 5.78. The summed E-state index contributed by atoms with van der Waals surface area (Å²) in [5.74, 6) is 0.143. The van der Waals surface area contributed by atoms with E-state index in [-0.39, 0.29) is 6.61 Å². The number of carbonyl (C=O) groups is 1. The van der Waals surface area contributed by atoms with Crippen molar-refractivity contribution in [3.05, 3.63) is 24.3 Å². The maximum Gasteiger partial charge on any atom is 0.351 e. The fraction of sp³-hybridized carbons (Fsp3) is 0.417. The summed E-state index contributed by atoms with van der Waals surface area (Å²) in [6, 6.07) is 7.12. The predicted octanol–water partition coefficient (Wildman–Crippen LogP) is 2.08. The van der Waals surface area contributed by atoms with Gasteiger partial charge in [-0.3, -0.25) is 0 Å². The third-order valence-electron chi connectivity index (χ3n) is 2.66. The molecule has 86 valence electrons. The van der Waals surface area contributed by atoms with Gasteiger partial charge in [0.15, 0.2) is 11.5 Å². The van der Waals surface area contributed by atoms with Crippen LogP contribution in [-0.2, 0) is 4.79 Å². The molecule has 1 aliphatic rings. The molecule has 0 saturated carbocycles. The molecule has 4 heteroatoms. The lowest BCUT2D eigenvalue weighted by atomic mass is 9.98. The molecule has 0 fully saturated rings. The van der Waals surface area contributed by atoms with E-state index < -0.39 is 11.6 Å². The summed E-state index contributed by atoms with van der Waals surface area (Å²) in [5, 5.41) is 9.24. The first-order valence-electron chi connectivity index (χ1n) is 5.32. The molecular formula is C12H14O4. The minimum Gasteiger partial charge on any atom is -0.485 e. The zero-order chi connectivity index (χ0) is 11.6. The number of hydrogen-bond acceptors (Lipinski definition) is 3. The van der Waals surface area contributed by atoms with Crippen LogP contribution in [-0.4, -0.2) is 23.3 Å². The molecule has 1 atom stereocenters. The van der Waals surface area contributed by atoms with Crippen LogP contribution in [0.15, 0.2) is 24.3 Å². The molecule has 1 aliphatic heterocycles. The van der Waals surface area contributed by atoms with Crippen molar-refractivity contribution in [2.45, 2.75) is 25.4 Å². The van der Waals surface area contributed by atoms with E-state index in [0.29, 0.717) is 17.9 Å². The number of hydrogen-bond donors (Lipinski definition) is 1. The molecule has 0 bridgehead atoms. The van der Waals surface area contributed by atoms with Crippen LogP contribution in [0.2, 0.25) is 0 Å². The van der Waals surface area contributed by atoms with E-state index >= 15 is 0 Å². The number of aliphatic carboxylic acids is 1. The first-order valence-corrected chi connectivity index (χ1v) is 5.32. The van der Waals surface area contributed by atoms with Crippen molar-refractivity contribution >= 4 is 5.97 Å². The Labute approximate surface area is 93.8 Å². The third kappa shape index (κ3) is 1.71. The molecule has 4 nitrogen and oxygen atoms in total. The summed E-state index contributed by atoms with van der Waals surface area (Å²) < 4.78 is 11.0. The predicted molar refractivity (Wildman–Crippen MR) is 57.8 cm³/mol. The molecule has 0 spiro atoms. The van der Waals surface area contributed by atoms with Gasteiger partial charge in [0.1, 0.15) is 6.61 Å². The van der Waals surface area contributed by atoms with Crippen LogP contribution in [0.1, 0.15) is 19.8 Å². The van der Waals surface area contributed by atoms with E-state index in [4.69, 9.17) is 9.47 Å². The SMILES string of the molecule is CCCC1(C(=O)O)COc2ccccc2O1. The summed E-state index contributed by atoms with van der Waals surface area (Å²) in [7, 11) is 0. The van der Waals surface area contributed by atoms with E-state index in [1.54, 1.807) is 18.2 Å². The standard InChI is InChI=1S/C12H14O4/c1-2-7-12(11(13)14)8-15-9-5-3-4-6-10(9)16-12/h3-6H,2,7-8H2,1H3,(H,13,14). The molecule has 1 aromatic rings. The lowest BCUT2D eigenvalue weighted by molar-refractivity contribution is -0.161. The van der Waals surface area contributed by atoms with E-state index in [9.17, 15) is 9.90 Å². The minimum atomic E-state index is -1.23. The minimum absolute atomic E-state index is 0.0627. The molecule has 0 saturated heterocycles. The zero-order valence-electron chi connectivity index (χ0n) is 9.10. The number of carboxylic acid groups (broad SMARTS) is 1. The molecule has 0 aromatic heterocycles. The van der Waals surface area contributed by atoms with Gasteiger partial charge in [-0.2, -0.15) is 0 Å². The van der Waals surface area contributed by atoms with Gasteiger partial charge in [0, 0.05) is 6.42 Å². The average Bonchev–Trinajstić information content (AvgIpc) is 2.29. The highest BCUT2D eigenvalue weighted by Crippen LogP contribution is 2.36. The van der Waals surface area contributed by atoms with Crippen molar-refractivity contribution in [3.63, 3.8) is 0 Å². The molecule has 1 aromatic carbocycles. The monoisotopic (exact) mass is 222 g/mol. The quantitative estimate of drug-likeness (QED) is 0.850. The highest BCUT2D eigenvalue weighted by atomic mass is 16.6. The van der Waals surface area contributed by atoms with Gasteiger partial charge in [-0.1, -0.05) is 25.5 Å². The maximum atomic E-state index is 11.3. The van der Waals surface area contributed by atoms with Gasteiger partial charge < -0.3 is 14.6 Å². The topological polar surface area (TPSA) is 55.8 Å². The largest absolute Gasteiger partial charge is 0.485 e. The lowest BCUT2D eigenvalue weighted by Gasteiger charge is -2.34. The molecule has 0 radical (unpaired) electrons. The Hall–Kier alpha value is -1.71. The second kappa shape index (κ2) is 4.04. The van der Waals surface area contributed by atoms with Crippen LogP contribution >= 0.6 is 0 Å². The van der Waals surface area contributed by atoms with Crippen LogP contribution in [0.25, 0.3) is 0 Å². The normalized spacial score (nSPS) is 22.8. The molecule has 1 heterocycles. The smallest absolute Gasteiger partial charge is 0.351 e. The second-order valence-corrected chi connectivity index (χ2v) is 3.89. The number of carboxylic acids is 1. The molecule has 1 N–H and O–H groups in total. The lowest BCUT2D eigenvalue weighted by Crippen LogP contribution is -2.51. The van der Waals surface area contributed by atoms with E-state index in [2.05, 4.69) is 0 Å².